The molecule has 0 atom stereocenters. The molecule has 0 saturated carbocycles. The van der Waals surface area contributed by atoms with Crippen molar-refractivity contribution < 1.29 is 0 Å². The SMILES string of the molecule is CCn1cc(C)[nH]1. The molecule has 2 heteroatoms. The first-order chi connectivity index (χ1) is 3.33. The lowest BCUT2D eigenvalue weighted by atomic mass is 10.5. The monoisotopic (exact) mass is 98.1 g/mol. The summed E-state index contributed by atoms with van der Waals surface area (Å²) in [6, 6.07) is 0. The molecule has 1 aromatic heterocycles. The summed E-state index contributed by atoms with van der Waals surface area (Å²) in [7, 11) is 0. The Kier molecular flexibility index (Phi) is 0.929. The van der Waals surface area contributed by atoms with Gasteiger partial charge in [-0.05, 0) is 13.8 Å². The molecular weight excluding hydrogens is 88.1 g/mol. The molecule has 1 aromatic rings. The van der Waals surface area contributed by atoms with Crippen LogP contribution in [-0.4, -0.2) is 9.78 Å². The van der Waals surface area contributed by atoms with E-state index in [4.69, 9.17) is 0 Å². The van der Waals surface area contributed by atoms with Crippen LogP contribution in [0.25, 0.3) is 0 Å². The summed E-state index contributed by atoms with van der Waals surface area (Å²) in [5.74, 6) is 0. The van der Waals surface area contributed by atoms with E-state index >= 15 is 0 Å². The Balaban J connectivity index is 2.56. The number of aromatic nitrogens is 2. The number of hydrogen-bond donors (Lipinski definition) is 1. The summed E-state index contributed by atoms with van der Waals surface area (Å²) in [6.07, 6.45) is 2.08. The van der Waals surface area contributed by atoms with Gasteiger partial charge in [0, 0.05) is 18.4 Å². The molecule has 0 aliphatic carbocycles. The molecule has 1 N–H and O–H groups in total. The molecule has 0 amide bonds. The van der Waals surface area contributed by atoms with Gasteiger partial charge in [0.15, 0.2) is 0 Å². The second-order valence-electron chi connectivity index (χ2n) is 1.71. The third-order valence-corrected chi connectivity index (χ3v) is 1.01. The molecule has 0 aliphatic rings. The lowest BCUT2D eigenvalue weighted by Crippen LogP contribution is -2.07. The zero-order valence-corrected chi connectivity index (χ0v) is 4.73. The van der Waals surface area contributed by atoms with Crippen LogP contribution in [0.15, 0.2) is 6.20 Å². The van der Waals surface area contributed by atoms with Gasteiger partial charge < -0.3 is 5.10 Å². The van der Waals surface area contributed by atoms with Gasteiger partial charge in [-0.2, -0.15) is 0 Å². The Morgan fingerprint density at radius 1 is 1.86 bits per heavy atom. The number of aryl methyl sites for hydroxylation is 2. The second-order valence-corrected chi connectivity index (χ2v) is 1.71. The van der Waals surface area contributed by atoms with Crippen LogP contribution in [0.1, 0.15) is 12.6 Å². The third kappa shape index (κ3) is 0.683. The van der Waals surface area contributed by atoms with Crippen molar-refractivity contribution in [3.05, 3.63) is 11.9 Å². The quantitative estimate of drug-likeness (QED) is 0.544. The minimum absolute atomic E-state index is 1.05. The van der Waals surface area contributed by atoms with Crippen LogP contribution >= 0.6 is 0 Å². The van der Waals surface area contributed by atoms with E-state index in [2.05, 4.69) is 18.2 Å². The average molecular weight is 98.1 g/mol. The number of nitrogens with one attached hydrogen (secondary N) is 1. The second kappa shape index (κ2) is 1.45. The Bertz CT molecular complexity index is 127. The Morgan fingerprint density at radius 3 is 2.57 bits per heavy atom. The smallest absolute Gasteiger partial charge is 0.0463 e. The number of hydrogen-bond acceptors (Lipinski definition) is 0. The van der Waals surface area contributed by atoms with E-state index in [-0.39, 0.29) is 0 Å². The highest BCUT2D eigenvalue weighted by molar-refractivity contribution is 4.90. The fourth-order valence-corrected chi connectivity index (χ4v) is 0.626. The van der Waals surface area contributed by atoms with Gasteiger partial charge in [-0.1, -0.05) is 0 Å². The maximum atomic E-state index is 3.09. The summed E-state index contributed by atoms with van der Waals surface area (Å²) < 4.78 is 2.04. The lowest BCUT2D eigenvalue weighted by molar-refractivity contribution is 0.584. The van der Waals surface area contributed by atoms with Crippen LogP contribution in [0.2, 0.25) is 0 Å². The lowest BCUT2D eigenvalue weighted by Gasteiger charge is -2.08. The molecule has 0 fully saturated rings. The van der Waals surface area contributed by atoms with Crippen molar-refractivity contribution in [2.45, 2.75) is 20.4 Å². The Morgan fingerprint density at radius 2 is 2.43 bits per heavy atom. The van der Waals surface area contributed by atoms with Crippen LogP contribution < -0.4 is 0 Å². The normalized spacial score (nSPS) is 10.0. The Labute approximate surface area is 43.1 Å². The van der Waals surface area contributed by atoms with Gasteiger partial charge in [-0.3, -0.25) is 4.68 Å². The molecule has 40 valence electrons. The van der Waals surface area contributed by atoms with Crippen molar-refractivity contribution in [1.82, 2.24) is 9.78 Å². The molecule has 0 spiro atoms. The van der Waals surface area contributed by atoms with Gasteiger partial charge in [0.2, 0.25) is 0 Å². The van der Waals surface area contributed by atoms with Crippen molar-refractivity contribution in [3.8, 4) is 0 Å². The van der Waals surface area contributed by atoms with Crippen LogP contribution in [0.3, 0.4) is 0 Å². The summed E-state index contributed by atoms with van der Waals surface area (Å²) in [6.45, 7) is 5.21. The topological polar surface area (TPSA) is 20.7 Å². The zero-order chi connectivity index (χ0) is 5.28. The Hall–Kier alpha value is -0.660. The number of rotatable bonds is 1. The van der Waals surface area contributed by atoms with Crippen molar-refractivity contribution in [2.24, 2.45) is 0 Å². The largest absolute Gasteiger partial charge is 0.302 e. The first-order valence-corrected chi connectivity index (χ1v) is 2.54. The summed E-state index contributed by atoms with van der Waals surface area (Å²) >= 11 is 0. The van der Waals surface area contributed by atoms with E-state index in [9.17, 15) is 0 Å². The van der Waals surface area contributed by atoms with Gasteiger partial charge >= 0.3 is 0 Å². The summed E-state index contributed by atoms with van der Waals surface area (Å²) in [5.41, 5.74) is 1.25. The molecule has 0 radical (unpaired) electrons. The maximum absolute atomic E-state index is 3.09. The predicted molar refractivity (Wildman–Crippen MR) is 29.2 cm³/mol. The standard InChI is InChI=1S/C5H10N2/c1-3-7-4-5(2)6-7/h4,6H,3H2,1-2H3. The highest BCUT2D eigenvalue weighted by Gasteiger charge is 1.87. The fraction of sp³-hybridized carbons (Fsp3) is 0.600. The molecule has 0 unspecified atom stereocenters. The van der Waals surface area contributed by atoms with Crippen LogP contribution in [0, 0.1) is 6.92 Å². The molecule has 7 heavy (non-hydrogen) atoms. The molecule has 1 heterocycles. The van der Waals surface area contributed by atoms with Crippen molar-refractivity contribution >= 4 is 0 Å². The fourth-order valence-electron chi connectivity index (χ4n) is 0.626. The van der Waals surface area contributed by atoms with E-state index in [1.165, 1.54) is 5.69 Å². The van der Waals surface area contributed by atoms with Crippen LogP contribution in [-0.2, 0) is 6.54 Å². The molecule has 1 rings (SSSR count). The van der Waals surface area contributed by atoms with E-state index in [1.807, 2.05) is 11.6 Å². The minimum Gasteiger partial charge on any atom is -0.302 e. The molecule has 0 bridgehead atoms. The van der Waals surface area contributed by atoms with Crippen LogP contribution in [0.4, 0.5) is 0 Å². The molecule has 0 aromatic carbocycles. The summed E-state index contributed by atoms with van der Waals surface area (Å²) in [5, 5.41) is 3.09. The zero-order valence-electron chi connectivity index (χ0n) is 4.73. The highest BCUT2D eigenvalue weighted by atomic mass is 15.3. The van der Waals surface area contributed by atoms with Crippen molar-refractivity contribution in [1.29, 1.82) is 0 Å². The van der Waals surface area contributed by atoms with Gasteiger partial charge in [0.25, 0.3) is 0 Å². The van der Waals surface area contributed by atoms with Crippen LogP contribution in [0.5, 0.6) is 0 Å². The van der Waals surface area contributed by atoms with Gasteiger partial charge in [-0.15, -0.1) is 0 Å². The van der Waals surface area contributed by atoms with Gasteiger partial charge in [0.1, 0.15) is 0 Å². The molecular formula is C5H10N2. The number of H-pyrrole nitrogens is 1. The van der Waals surface area contributed by atoms with E-state index in [0.29, 0.717) is 0 Å². The first-order valence-electron chi connectivity index (χ1n) is 2.54. The number of nitrogens with zero attached hydrogens (tertiary/aromatic N) is 1. The maximum Gasteiger partial charge on any atom is 0.0463 e. The minimum atomic E-state index is 1.05. The molecule has 0 aliphatic heterocycles. The van der Waals surface area contributed by atoms with E-state index in [1.54, 1.807) is 0 Å². The predicted octanol–water partition coefficient (Wildman–Crippen LogP) is 1.14. The van der Waals surface area contributed by atoms with Crippen molar-refractivity contribution in [3.63, 3.8) is 0 Å². The van der Waals surface area contributed by atoms with E-state index in [0.717, 1.165) is 6.54 Å². The van der Waals surface area contributed by atoms with Crippen molar-refractivity contribution in [2.75, 3.05) is 0 Å². The summed E-state index contributed by atoms with van der Waals surface area (Å²) in [4.78, 5) is 0. The highest BCUT2D eigenvalue weighted by Crippen LogP contribution is 1.91. The third-order valence-electron chi connectivity index (χ3n) is 1.01. The van der Waals surface area contributed by atoms with Gasteiger partial charge in [0.05, 0.1) is 0 Å². The van der Waals surface area contributed by atoms with E-state index < -0.39 is 0 Å². The first kappa shape index (κ1) is 4.50. The van der Waals surface area contributed by atoms with Gasteiger partial charge in [-0.25, -0.2) is 0 Å². The molecule has 0 saturated heterocycles. The molecule has 2 nitrogen and oxygen atoms in total. The average Bonchev–Trinajstić information content (AvgIpc) is 1.58. The number of aromatic amines is 1.